The molecule has 1 heterocycles. The molecule has 0 aliphatic heterocycles. The predicted molar refractivity (Wildman–Crippen MR) is 80.2 cm³/mol. The molecule has 2 N–H and O–H groups in total. The third-order valence-electron chi connectivity index (χ3n) is 3.92. The fourth-order valence-corrected chi connectivity index (χ4v) is 3.42. The Morgan fingerprint density at radius 1 is 1.52 bits per heavy atom. The first-order valence-electron chi connectivity index (χ1n) is 7.10. The van der Waals surface area contributed by atoms with Crippen LogP contribution in [0.5, 0.6) is 0 Å². The zero-order valence-electron chi connectivity index (χ0n) is 12.3. The van der Waals surface area contributed by atoms with Crippen molar-refractivity contribution in [1.82, 2.24) is 15.2 Å². The molecule has 1 fully saturated rings. The van der Waals surface area contributed by atoms with Gasteiger partial charge in [-0.1, -0.05) is 6.42 Å². The lowest BCUT2D eigenvalue weighted by Gasteiger charge is -2.29. The molecule has 0 aromatic carbocycles. The molecule has 1 aromatic rings. The van der Waals surface area contributed by atoms with Gasteiger partial charge in [-0.15, -0.1) is 11.3 Å². The Kier molecular flexibility index (Phi) is 5.17. The van der Waals surface area contributed by atoms with Gasteiger partial charge in [0, 0.05) is 18.0 Å². The molecule has 2 rings (SSSR count). The average molecular weight is 311 g/mol. The van der Waals surface area contributed by atoms with Crippen LogP contribution in [-0.2, 0) is 11.3 Å². The molecule has 0 spiro atoms. The number of nitrogens with one attached hydrogen (secondary N) is 1. The molecular formula is C14H21N3O3S. The van der Waals surface area contributed by atoms with E-state index in [1.54, 1.807) is 17.5 Å². The molecule has 1 saturated carbocycles. The second-order valence-corrected chi connectivity index (χ2v) is 6.50. The lowest BCUT2D eigenvalue weighted by atomic mass is 9.86. The van der Waals surface area contributed by atoms with Gasteiger partial charge in [-0.25, -0.2) is 9.78 Å². The van der Waals surface area contributed by atoms with Gasteiger partial charge in [0.15, 0.2) is 0 Å². The minimum Gasteiger partial charge on any atom is -0.481 e. The fraction of sp³-hybridized carbons (Fsp3) is 0.643. The zero-order chi connectivity index (χ0) is 15.4. The lowest BCUT2D eigenvalue weighted by molar-refractivity contribution is -0.143. The van der Waals surface area contributed by atoms with Gasteiger partial charge in [0.25, 0.3) is 0 Å². The monoisotopic (exact) mass is 311 g/mol. The van der Waals surface area contributed by atoms with E-state index in [4.69, 9.17) is 5.11 Å². The van der Waals surface area contributed by atoms with Crippen LogP contribution in [0.1, 0.15) is 36.3 Å². The number of carbonyl (C=O) groups excluding carboxylic acids is 1. The van der Waals surface area contributed by atoms with Gasteiger partial charge >= 0.3 is 12.0 Å². The van der Waals surface area contributed by atoms with Crippen molar-refractivity contribution in [1.29, 1.82) is 0 Å². The third kappa shape index (κ3) is 4.17. The summed E-state index contributed by atoms with van der Waals surface area (Å²) in [5, 5.41) is 12.0. The second kappa shape index (κ2) is 6.89. The summed E-state index contributed by atoms with van der Waals surface area (Å²) >= 11 is 1.54. The van der Waals surface area contributed by atoms with Gasteiger partial charge < -0.3 is 15.3 Å². The largest absolute Gasteiger partial charge is 0.481 e. The van der Waals surface area contributed by atoms with E-state index in [9.17, 15) is 9.59 Å². The number of carboxylic acid groups (broad SMARTS) is 1. The van der Waals surface area contributed by atoms with Crippen LogP contribution in [0.4, 0.5) is 4.79 Å². The fourth-order valence-electron chi connectivity index (χ4n) is 2.60. The number of hydrogen-bond acceptors (Lipinski definition) is 4. The van der Waals surface area contributed by atoms with Gasteiger partial charge in [0.2, 0.25) is 0 Å². The minimum atomic E-state index is -0.761. The highest BCUT2D eigenvalue weighted by molar-refractivity contribution is 7.09. The first-order valence-corrected chi connectivity index (χ1v) is 7.98. The van der Waals surface area contributed by atoms with Crippen molar-refractivity contribution in [2.45, 2.75) is 45.2 Å². The highest BCUT2D eigenvalue weighted by Gasteiger charge is 2.28. The second-order valence-electron chi connectivity index (χ2n) is 5.57. The number of thiazole rings is 1. The highest BCUT2D eigenvalue weighted by atomic mass is 32.1. The lowest BCUT2D eigenvalue weighted by Crippen LogP contribution is -2.45. The summed E-state index contributed by atoms with van der Waals surface area (Å²) in [7, 11) is 1.74. The standard InChI is InChI=1S/C14H21N3O3S/c1-9-12(21-8-15-9)7-17(2)14(20)16-11-5-3-4-10(6-11)13(18)19/h8,10-11H,3-7H2,1-2H3,(H,16,20)(H,18,19). The number of rotatable bonds is 4. The van der Waals surface area contributed by atoms with E-state index in [0.717, 1.165) is 23.4 Å². The van der Waals surface area contributed by atoms with Crippen molar-refractivity contribution >= 4 is 23.3 Å². The molecule has 2 unspecified atom stereocenters. The quantitative estimate of drug-likeness (QED) is 0.893. The number of carbonyl (C=O) groups is 2. The molecule has 1 aromatic heterocycles. The van der Waals surface area contributed by atoms with Crippen molar-refractivity contribution in [3.8, 4) is 0 Å². The van der Waals surface area contributed by atoms with Crippen LogP contribution in [0.3, 0.4) is 0 Å². The number of carboxylic acids is 1. The van der Waals surface area contributed by atoms with E-state index in [1.165, 1.54) is 11.3 Å². The first-order chi connectivity index (χ1) is 9.97. The van der Waals surface area contributed by atoms with Crippen LogP contribution in [0, 0.1) is 12.8 Å². The van der Waals surface area contributed by atoms with E-state index >= 15 is 0 Å². The summed E-state index contributed by atoms with van der Waals surface area (Å²) in [5.74, 6) is -1.10. The molecule has 1 aliphatic carbocycles. The van der Waals surface area contributed by atoms with Crippen molar-refractivity contribution in [3.05, 3.63) is 16.1 Å². The van der Waals surface area contributed by atoms with Crippen LogP contribution < -0.4 is 5.32 Å². The third-order valence-corrected chi connectivity index (χ3v) is 4.84. The van der Waals surface area contributed by atoms with Crippen molar-refractivity contribution in [2.24, 2.45) is 5.92 Å². The maximum Gasteiger partial charge on any atom is 0.317 e. The van der Waals surface area contributed by atoms with Gasteiger partial charge in [0.1, 0.15) is 0 Å². The number of urea groups is 1. The van der Waals surface area contributed by atoms with Gasteiger partial charge in [-0.2, -0.15) is 0 Å². The van der Waals surface area contributed by atoms with E-state index < -0.39 is 5.97 Å². The molecular weight excluding hydrogens is 290 g/mol. The molecule has 0 bridgehead atoms. The number of amides is 2. The molecule has 21 heavy (non-hydrogen) atoms. The SMILES string of the molecule is Cc1ncsc1CN(C)C(=O)NC1CCCC(C(=O)O)C1. The topological polar surface area (TPSA) is 82.5 Å². The van der Waals surface area contributed by atoms with Crippen LogP contribution in [-0.4, -0.2) is 40.1 Å². The summed E-state index contributed by atoms with van der Waals surface area (Å²) in [5.41, 5.74) is 2.72. The zero-order valence-corrected chi connectivity index (χ0v) is 13.2. The molecule has 6 nitrogen and oxygen atoms in total. The van der Waals surface area contributed by atoms with E-state index in [0.29, 0.717) is 19.4 Å². The van der Waals surface area contributed by atoms with Crippen LogP contribution >= 0.6 is 11.3 Å². The molecule has 7 heteroatoms. The summed E-state index contributed by atoms with van der Waals surface area (Å²) in [6.07, 6.45) is 2.93. The molecule has 1 aliphatic rings. The summed E-state index contributed by atoms with van der Waals surface area (Å²) < 4.78 is 0. The maximum absolute atomic E-state index is 12.2. The number of nitrogens with zero attached hydrogens (tertiary/aromatic N) is 2. The smallest absolute Gasteiger partial charge is 0.317 e. The van der Waals surface area contributed by atoms with Crippen LogP contribution in [0.15, 0.2) is 5.51 Å². The number of aromatic nitrogens is 1. The maximum atomic E-state index is 12.2. The van der Waals surface area contributed by atoms with E-state index in [2.05, 4.69) is 10.3 Å². The Morgan fingerprint density at radius 2 is 2.29 bits per heavy atom. The summed E-state index contributed by atoms with van der Waals surface area (Å²) in [4.78, 5) is 30.1. The van der Waals surface area contributed by atoms with Crippen LogP contribution in [0.25, 0.3) is 0 Å². The Morgan fingerprint density at radius 3 is 2.90 bits per heavy atom. The van der Waals surface area contributed by atoms with Crippen molar-refractivity contribution in [2.75, 3.05) is 7.05 Å². The number of hydrogen-bond donors (Lipinski definition) is 2. The molecule has 116 valence electrons. The van der Waals surface area contributed by atoms with Crippen molar-refractivity contribution < 1.29 is 14.7 Å². The predicted octanol–water partition coefficient (Wildman–Crippen LogP) is 2.24. The number of aliphatic carboxylic acids is 1. The Balaban J connectivity index is 1.86. The average Bonchev–Trinajstić information content (AvgIpc) is 2.84. The molecule has 0 radical (unpaired) electrons. The van der Waals surface area contributed by atoms with Crippen molar-refractivity contribution in [3.63, 3.8) is 0 Å². The first kappa shape index (κ1) is 15.8. The molecule has 0 saturated heterocycles. The van der Waals surface area contributed by atoms with E-state index in [1.807, 2.05) is 6.92 Å². The Hall–Kier alpha value is -1.63. The van der Waals surface area contributed by atoms with Gasteiger partial charge in [0.05, 0.1) is 23.7 Å². The Labute approximate surface area is 128 Å². The van der Waals surface area contributed by atoms with Gasteiger partial charge in [-0.3, -0.25) is 4.79 Å². The minimum absolute atomic E-state index is 0.0441. The molecule has 2 atom stereocenters. The van der Waals surface area contributed by atoms with E-state index in [-0.39, 0.29) is 18.0 Å². The Bertz CT molecular complexity index is 517. The summed E-state index contributed by atoms with van der Waals surface area (Å²) in [6, 6.07) is -0.198. The normalized spacial score (nSPS) is 21.8. The molecule has 2 amide bonds. The van der Waals surface area contributed by atoms with Crippen LogP contribution in [0.2, 0.25) is 0 Å². The highest BCUT2D eigenvalue weighted by Crippen LogP contribution is 2.24. The van der Waals surface area contributed by atoms with Gasteiger partial charge in [-0.05, 0) is 26.2 Å². The number of aryl methyl sites for hydroxylation is 1. The summed E-state index contributed by atoms with van der Waals surface area (Å²) in [6.45, 7) is 2.45.